The van der Waals surface area contributed by atoms with Gasteiger partial charge in [-0.1, -0.05) is 32.4 Å². The zero-order valence-electron chi connectivity index (χ0n) is 12.2. The third-order valence-corrected chi connectivity index (χ3v) is 3.12. The summed E-state index contributed by atoms with van der Waals surface area (Å²) in [4.78, 5) is 21.1. The number of anilines is 1. The van der Waals surface area contributed by atoms with Crippen LogP contribution in [-0.2, 0) is 4.79 Å². The van der Waals surface area contributed by atoms with Crippen molar-refractivity contribution in [1.82, 2.24) is 0 Å². The third-order valence-electron chi connectivity index (χ3n) is 2.80. The first kappa shape index (κ1) is 17.2. The SMILES string of the molecule is CC(C)(C)CC(CC(=O)O)Nc1ccc([N+](=O)[O-])cc1Cl. The number of hydrogen-bond acceptors (Lipinski definition) is 4. The summed E-state index contributed by atoms with van der Waals surface area (Å²) in [5.74, 6) is -0.908. The van der Waals surface area contributed by atoms with Crippen molar-refractivity contribution in [1.29, 1.82) is 0 Å². The Bertz CT molecular complexity index is 540. The molecule has 1 atom stereocenters. The second kappa shape index (κ2) is 6.76. The van der Waals surface area contributed by atoms with E-state index in [-0.39, 0.29) is 28.6 Å². The molecule has 0 saturated heterocycles. The van der Waals surface area contributed by atoms with Crippen molar-refractivity contribution in [2.75, 3.05) is 5.32 Å². The van der Waals surface area contributed by atoms with Gasteiger partial charge in [0.1, 0.15) is 0 Å². The van der Waals surface area contributed by atoms with Crippen molar-refractivity contribution < 1.29 is 14.8 Å². The van der Waals surface area contributed by atoms with Gasteiger partial charge in [0.15, 0.2) is 0 Å². The van der Waals surface area contributed by atoms with Crippen molar-refractivity contribution >= 4 is 28.9 Å². The van der Waals surface area contributed by atoms with Gasteiger partial charge in [-0.05, 0) is 17.9 Å². The molecule has 1 unspecified atom stereocenters. The van der Waals surface area contributed by atoms with E-state index in [0.29, 0.717) is 12.1 Å². The van der Waals surface area contributed by atoms with Crippen LogP contribution in [-0.4, -0.2) is 22.0 Å². The molecule has 0 heterocycles. The highest BCUT2D eigenvalue weighted by Gasteiger charge is 2.22. The summed E-state index contributed by atoms with van der Waals surface area (Å²) in [5.41, 5.74) is 0.342. The third kappa shape index (κ3) is 5.99. The Balaban J connectivity index is 2.92. The molecule has 0 aliphatic rings. The highest BCUT2D eigenvalue weighted by atomic mass is 35.5. The summed E-state index contributed by atoms with van der Waals surface area (Å²) in [6.07, 6.45) is 0.581. The lowest BCUT2D eigenvalue weighted by molar-refractivity contribution is -0.384. The summed E-state index contributed by atoms with van der Waals surface area (Å²) >= 11 is 6.01. The molecule has 2 N–H and O–H groups in total. The zero-order valence-corrected chi connectivity index (χ0v) is 13.0. The maximum atomic E-state index is 11.0. The van der Waals surface area contributed by atoms with Crippen LogP contribution in [0, 0.1) is 15.5 Å². The highest BCUT2D eigenvalue weighted by molar-refractivity contribution is 6.33. The molecule has 116 valence electrons. The number of nitrogens with one attached hydrogen (secondary N) is 1. The van der Waals surface area contributed by atoms with Gasteiger partial charge < -0.3 is 10.4 Å². The maximum absolute atomic E-state index is 11.0. The highest BCUT2D eigenvalue weighted by Crippen LogP contribution is 2.30. The summed E-state index contributed by atoms with van der Waals surface area (Å²) in [6, 6.07) is 3.78. The van der Waals surface area contributed by atoms with Gasteiger partial charge >= 0.3 is 5.97 Å². The van der Waals surface area contributed by atoms with Crippen LogP contribution in [0.2, 0.25) is 5.02 Å². The molecule has 0 saturated carbocycles. The van der Waals surface area contributed by atoms with Crippen LogP contribution >= 0.6 is 11.6 Å². The number of nitrogens with zero attached hydrogens (tertiary/aromatic N) is 1. The lowest BCUT2D eigenvalue weighted by Gasteiger charge is -2.27. The zero-order chi connectivity index (χ0) is 16.2. The van der Waals surface area contributed by atoms with E-state index in [4.69, 9.17) is 16.7 Å². The fourth-order valence-electron chi connectivity index (χ4n) is 2.08. The van der Waals surface area contributed by atoms with Crippen LogP contribution in [0.15, 0.2) is 18.2 Å². The standard InChI is InChI=1S/C14H19ClN2O4/c1-14(2,3)8-9(6-13(18)19)16-12-5-4-10(17(20)21)7-11(12)15/h4-5,7,9,16H,6,8H2,1-3H3,(H,18,19). The van der Waals surface area contributed by atoms with E-state index in [9.17, 15) is 14.9 Å². The van der Waals surface area contributed by atoms with Crippen molar-refractivity contribution in [3.63, 3.8) is 0 Å². The van der Waals surface area contributed by atoms with Gasteiger partial charge in [0.05, 0.1) is 22.1 Å². The largest absolute Gasteiger partial charge is 0.481 e. The molecule has 1 aromatic carbocycles. The fraction of sp³-hybridized carbons (Fsp3) is 0.500. The lowest BCUT2D eigenvalue weighted by Crippen LogP contribution is -2.28. The monoisotopic (exact) mass is 314 g/mol. The number of non-ortho nitro benzene ring substituents is 1. The number of nitro groups is 1. The summed E-state index contributed by atoms with van der Waals surface area (Å²) in [5, 5.41) is 22.9. The summed E-state index contributed by atoms with van der Waals surface area (Å²) < 4.78 is 0. The van der Waals surface area contributed by atoms with E-state index in [1.54, 1.807) is 0 Å². The van der Waals surface area contributed by atoms with Crippen molar-refractivity contribution in [3.05, 3.63) is 33.3 Å². The van der Waals surface area contributed by atoms with Crippen LogP contribution in [0.1, 0.15) is 33.6 Å². The number of carboxylic acids is 1. The molecule has 0 amide bonds. The molecule has 7 heteroatoms. The first-order chi connectivity index (χ1) is 9.58. The van der Waals surface area contributed by atoms with Gasteiger partial charge in [-0.2, -0.15) is 0 Å². The Labute approximate surface area is 128 Å². The Hall–Kier alpha value is -1.82. The number of hydrogen-bond donors (Lipinski definition) is 2. The maximum Gasteiger partial charge on any atom is 0.305 e. The van der Waals surface area contributed by atoms with Crippen molar-refractivity contribution in [2.45, 2.75) is 39.7 Å². The van der Waals surface area contributed by atoms with Gasteiger partial charge in [-0.3, -0.25) is 14.9 Å². The molecule has 0 fully saturated rings. The predicted molar refractivity (Wildman–Crippen MR) is 81.8 cm³/mol. The van der Waals surface area contributed by atoms with E-state index >= 15 is 0 Å². The van der Waals surface area contributed by atoms with Crippen LogP contribution in [0.3, 0.4) is 0 Å². The number of benzene rings is 1. The van der Waals surface area contributed by atoms with Gasteiger partial charge in [0.25, 0.3) is 5.69 Å². The first-order valence-corrected chi connectivity index (χ1v) is 6.88. The summed E-state index contributed by atoms with van der Waals surface area (Å²) in [7, 11) is 0. The topological polar surface area (TPSA) is 92.5 Å². The summed E-state index contributed by atoms with van der Waals surface area (Å²) in [6.45, 7) is 6.04. The average Bonchev–Trinajstić information content (AvgIpc) is 2.28. The van der Waals surface area contributed by atoms with Gasteiger partial charge in [0, 0.05) is 18.2 Å². The number of carbonyl (C=O) groups is 1. The number of carboxylic acid groups (broad SMARTS) is 1. The number of nitro benzene ring substituents is 1. The molecule has 6 nitrogen and oxygen atoms in total. The normalized spacial score (nSPS) is 12.8. The van der Waals surface area contributed by atoms with E-state index in [2.05, 4.69) is 5.32 Å². The fourth-order valence-corrected chi connectivity index (χ4v) is 2.31. The average molecular weight is 315 g/mol. The molecule has 1 aromatic rings. The van der Waals surface area contributed by atoms with Crippen LogP contribution in [0.5, 0.6) is 0 Å². The van der Waals surface area contributed by atoms with Crippen LogP contribution < -0.4 is 5.32 Å². The Morgan fingerprint density at radius 3 is 2.52 bits per heavy atom. The molecule has 0 spiro atoms. The molecule has 0 aromatic heterocycles. The minimum Gasteiger partial charge on any atom is -0.481 e. The van der Waals surface area contributed by atoms with E-state index in [0.717, 1.165) is 0 Å². The number of rotatable bonds is 6. The molecule has 0 aliphatic carbocycles. The van der Waals surface area contributed by atoms with Gasteiger partial charge in [-0.25, -0.2) is 0 Å². The number of aliphatic carboxylic acids is 1. The minimum absolute atomic E-state index is 0.0510. The Morgan fingerprint density at radius 2 is 2.10 bits per heavy atom. The van der Waals surface area contributed by atoms with Gasteiger partial charge in [0.2, 0.25) is 0 Å². The second-order valence-electron chi connectivity index (χ2n) is 6.13. The molecule has 0 aliphatic heterocycles. The van der Waals surface area contributed by atoms with E-state index < -0.39 is 10.9 Å². The molecule has 0 radical (unpaired) electrons. The quantitative estimate of drug-likeness (QED) is 0.613. The molecule has 1 rings (SSSR count). The van der Waals surface area contributed by atoms with Crippen molar-refractivity contribution in [2.24, 2.45) is 5.41 Å². The molecular weight excluding hydrogens is 296 g/mol. The lowest BCUT2D eigenvalue weighted by atomic mass is 9.87. The minimum atomic E-state index is -0.908. The Morgan fingerprint density at radius 1 is 1.48 bits per heavy atom. The van der Waals surface area contributed by atoms with Crippen LogP contribution in [0.4, 0.5) is 11.4 Å². The van der Waals surface area contributed by atoms with E-state index in [1.165, 1.54) is 18.2 Å². The molecule has 21 heavy (non-hydrogen) atoms. The molecule has 0 bridgehead atoms. The predicted octanol–water partition coefficient (Wildman–Crippen LogP) is 3.94. The van der Waals surface area contributed by atoms with Crippen molar-refractivity contribution in [3.8, 4) is 0 Å². The second-order valence-corrected chi connectivity index (χ2v) is 6.53. The number of halogens is 1. The van der Waals surface area contributed by atoms with E-state index in [1.807, 2.05) is 20.8 Å². The smallest absolute Gasteiger partial charge is 0.305 e. The van der Waals surface area contributed by atoms with Crippen LogP contribution in [0.25, 0.3) is 0 Å². The molecular formula is C14H19ClN2O4. The Kier molecular flexibility index (Phi) is 5.54. The van der Waals surface area contributed by atoms with Gasteiger partial charge in [-0.15, -0.1) is 0 Å². The first-order valence-electron chi connectivity index (χ1n) is 6.51.